The number of likely N-dealkylation sites (tertiary alicyclic amines) is 1. The highest BCUT2D eigenvalue weighted by molar-refractivity contribution is 5.74. The van der Waals surface area contributed by atoms with Crippen LogP contribution < -0.4 is 10.1 Å². The van der Waals surface area contributed by atoms with Crippen molar-refractivity contribution < 1.29 is 18.7 Å². The number of ether oxygens (including phenoxy) is 2. The summed E-state index contributed by atoms with van der Waals surface area (Å²) in [5.74, 6) is -0.491. The van der Waals surface area contributed by atoms with E-state index in [0.717, 1.165) is 31.8 Å². The Morgan fingerprint density at radius 1 is 1.35 bits per heavy atom. The maximum absolute atomic E-state index is 12.7. The van der Waals surface area contributed by atoms with Gasteiger partial charge in [-0.05, 0) is 12.8 Å². The lowest BCUT2D eigenvalue weighted by molar-refractivity contribution is 0.0940. The number of urea groups is 1. The Kier molecular flexibility index (Phi) is 5.22. The SMILES string of the molecule is O=C(NCC1CCCO1)N1CCC(Oc2ncc(F)cn2)CC1. The largest absolute Gasteiger partial charge is 0.460 e. The quantitative estimate of drug-likeness (QED) is 0.905. The van der Waals surface area contributed by atoms with E-state index in [1.807, 2.05) is 0 Å². The summed E-state index contributed by atoms with van der Waals surface area (Å²) < 4.78 is 23.9. The van der Waals surface area contributed by atoms with Crippen LogP contribution in [-0.2, 0) is 4.74 Å². The summed E-state index contributed by atoms with van der Waals surface area (Å²) in [5.41, 5.74) is 0. The predicted octanol–water partition coefficient (Wildman–Crippen LogP) is 1.35. The number of hydrogen-bond acceptors (Lipinski definition) is 5. The Morgan fingerprint density at radius 3 is 2.74 bits per heavy atom. The Morgan fingerprint density at radius 2 is 2.09 bits per heavy atom. The molecule has 3 rings (SSSR count). The molecule has 3 heterocycles. The average molecular weight is 324 g/mol. The van der Waals surface area contributed by atoms with Crippen LogP contribution in [-0.4, -0.2) is 59.3 Å². The zero-order chi connectivity index (χ0) is 16.1. The van der Waals surface area contributed by atoms with Gasteiger partial charge in [-0.15, -0.1) is 0 Å². The van der Waals surface area contributed by atoms with Crippen LogP contribution in [0.25, 0.3) is 0 Å². The molecule has 2 fully saturated rings. The first kappa shape index (κ1) is 15.9. The molecule has 2 aliphatic heterocycles. The van der Waals surface area contributed by atoms with E-state index in [9.17, 15) is 9.18 Å². The first-order valence-corrected chi connectivity index (χ1v) is 7.99. The van der Waals surface area contributed by atoms with Crippen molar-refractivity contribution in [2.75, 3.05) is 26.2 Å². The normalized spacial score (nSPS) is 22.1. The second-order valence-corrected chi connectivity index (χ2v) is 5.81. The Balaban J connectivity index is 1.39. The number of rotatable bonds is 4. The lowest BCUT2D eigenvalue weighted by Crippen LogP contribution is -2.48. The van der Waals surface area contributed by atoms with Crippen LogP contribution in [0.5, 0.6) is 6.01 Å². The maximum atomic E-state index is 12.7. The Labute approximate surface area is 134 Å². The van der Waals surface area contributed by atoms with Gasteiger partial charge in [-0.3, -0.25) is 0 Å². The first-order chi connectivity index (χ1) is 11.2. The van der Waals surface area contributed by atoms with Gasteiger partial charge in [-0.25, -0.2) is 19.2 Å². The van der Waals surface area contributed by atoms with Crippen LogP contribution >= 0.6 is 0 Å². The Bertz CT molecular complexity index is 514. The zero-order valence-electron chi connectivity index (χ0n) is 12.9. The van der Waals surface area contributed by atoms with Crippen molar-refractivity contribution in [1.82, 2.24) is 20.2 Å². The zero-order valence-corrected chi connectivity index (χ0v) is 12.9. The van der Waals surface area contributed by atoms with E-state index in [4.69, 9.17) is 9.47 Å². The number of hydrogen-bond donors (Lipinski definition) is 1. The van der Waals surface area contributed by atoms with E-state index in [1.54, 1.807) is 4.90 Å². The van der Waals surface area contributed by atoms with Crippen molar-refractivity contribution in [2.45, 2.75) is 37.9 Å². The van der Waals surface area contributed by atoms with Crippen LogP contribution in [0, 0.1) is 5.82 Å². The summed E-state index contributed by atoms with van der Waals surface area (Å²) in [6.45, 7) is 2.58. The van der Waals surface area contributed by atoms with Crippen molar-refractivity contribution in [3.8, 4) is 6.01 Å². The molecule has 0 saturated carbocycles. The van der Waals surface area contributed by atoms with Gasteiger partial charge in [-0.2, -0.15) is 0 Å². The molecule has 1 aromatic heterocycles. The molecule has 1 unspecified atom stereocenters. The molecule has 1 aromatic rings. The molecule has 0 spiro atoms. The van der Waals surface area contributed by atoms with Crippen molar-refractivity contribution in [2.24, 2.45) is 0 Å². The Hall–Kier alpha value is -1.96. The average Bonchev–Trinajstić information content (AvgIpc) is 3.09. The van der Waals surface area contributed by atoms with E-state index in [-0.39, 0.29) is 24.2 Å². The molecular weight excluding hydrogens is 303 g/mol. The van der Waals surface area contributed by atoms with Gasteiger partial charge in [0.05, 0.1) is 18.5 Å². The summed E-state index contributed by atoms with van der Waals surface area (Å²) in [7, 11) is 0. The molecule has 2 saturated heterocycles. The lowest BCUT2D eigenvalue weighted by Gasteiger charge is -2.31. The molecule has 0 radical (unpaired) electrons. The van der Waals surface area contributed by atoms with Crippen LogP contribution in [0.2, 0.25) is 0 Å². The van der Waals surface area contributed by atoms with Gasteiger partial charge in [0.1, 0.15) is 6.10 Å². The van der Waals surface area contributed by atoms with Gasteiger partial charge in [0.2, 0.25) is 0 Å². The predicted molar refractivity (Wildman–Crippen MR) is 79.6 cm³/mol. The number of carbonyl (C=O) groups is 1. The topological polar surface area (TPSA) is 76.6 Å². The first-order valence-electron chi connectivity index (χ1n) is 7.99. The molecule has 2 amide bonds. The number of piperidine rings is 1. The summed E-state index contributed by atoms with van der Waals surface area (Å²) in [5, 5.41) is 2.92. The van der Waals surface area contributed by atoms with E-state index in [1.165, 1.54) is 0 Å². The molecule has 8 heteroatoms. The van der Waals surface area contributed by atoms with E-state index < -0.39 is 5.82 Å². The monoisotopic (exact) mass is 324 g/mol. The van der Waals surface area contributed by atoms with Crippen molar-refractivity contribution in [1.29, 1.82) is 0 Å². The molecule has 126 valence electrons. The molecule has 2 aliphatic rings. The maximum Gasteiger partial charge on any atom is 0.317 e. The van der Waals surface area contributed by atoms with Gasteiger partial charge in [-0.1, -0.05) is 0 Å². The summed E-state index contributed by atoms with van der Waals surface area (Å²) in [6, 6.07) is 0.115. The number of aromatic nitrogens is 2. The fourth-order valence-electron chi connectivity index (χ4n) is 2.81. The number of nitrogens with zero attached hydrogens (tertiary/aromatic N) is 3. The minimum Gasteiger partial charge on any atom is -0.460 e. The number of nitrogens with one attached hydrogen (secondary N) is 1. The smallest absolute Gasteiger partial charge is 0.317 e. The number of halogens is 1. The standard InChI is InChI=1S/C15H21FN4O3/c16-11-8-17-14(18-9-11)23-12-3-5-20(6-4-12)15(21)19-10-13-2-1-7-22-13/h8-9,12-13H,1-7,10H2,(H,19,21). The second-order valence-electron chi connectivity index (χ2n) is 5.81. The van der Waals surface area contributed by atoms with Crippen molar-refractivity contribution in [3.05, 3.63) is 18.2 Å². The molecule has 0 bridgehead atoms. The highest BCUT2D eigenvalue weighted by atomic mass is 19.1. The van der Waals surface area contributed by atoms with Crippen LogP contribution in [0.3, 0.4) is 0 Å². The molecule has 7 nitrogen and oxygen atoms in total. The molecule has 23 heavy (non-hydrogen) atoms. The van der Waals surface area contributed by atoms with Crippen molar-refractivity contribution in [3.63, 3.8) is 0 Å². The van der Waals surface area contributed by atoms with E-state index in [2.05, 4.69) is 15.3 Å². The molecule has 1 atom stereocenters. The number of amides is 2. The van der Waals surface area contributed by atoms with Crippen LogP contribution in [0.1, 0.15) is 25.7 Å². The molecule has 0 aromatic carbocycles. The molecule has 0 aliphatic carbocycles. The van der Waals surface area contributed by atoms with Gasteiger partial charge < -0.3 is 19.7 Å². The third-order valence-electron chi connectivity index (χ3n) is 4.10. The fraction of sp³-hybridized carbons (Fsp3) is 0.667. The van der Waals surface area contributed by atoms with Crippen LogP contribution in [0.4, 0.5) is 9.18 Å². The van der Waals surface area contributed by atoms with Gasteiger partial charge in [0, 0.05) is 39.1 Å². The van der Waals surface area contributed by atoms with Gasteiger partial charge >= 0.3 is 12.0 Å². The third kappa shape index (κ3) is 4.51. The fourth-order valence-corrected chi connectivity index (χ4v) is 2.81. The van der Waals surface area contributed by atoms with Gasteiger partial charge in [0.15, 0.2) is 5.82 Å². The lowest BCUT2D eigenvalue weighted by atomic mass is 10.1. The molecule has 1 N–H and O–H groups in total. The van der Waals surface area contributed by atoms with Crippen molar-refractivity contribution >= 4 is 6.03 Å². The second kappa shape index (κ2) is 7.54. The summed E-state index contributed by atoms with van der Waals surface area (Å²) >= 11 is 0. The molecular formula is C15H21FN4O3. The summed E-state index contributed by atoms with van der Waals surface area (Å²) in [4.78, 5) is 21.5. The number of carbonyl (C=O) groups excluding carboxylic acids is 1. The highest BCUT2D eigenvalue weighted by Gasteiger charge is 2.25. The van der Waals surface area contributed by atoms with Gasteiger partial charge in [0.25, 0.3) is 0 Å². The van der Waals surface area contributed by atoms with E-state index >= 15 is 0 Å². The minimum atomic E-state index is -0.491. The highest BCUT2D eigenvalue weighted by Crippen LogP contribution is 2.16. The van der Waals surface area contributed by atoms with E-state index in [0.29, 0.717) is 32.5 Å². The minimum absolute atomic E-state index is 0.0531. The summed E-state index contributed by atoms with van der Waals surface area (Å²) in [6.07, 6.45) is 5.73. The van der Waals surface area contributed by atoms with Crippen LogP contribution in [0.15, 0.2) is 12.4 Å². The third-order valence-corrected chi connectivity index (χ3v) is 4.10.